The minimum absolute atomic E-state index is 0.0742. The summed E-state index contributed by atoms with van der Waals surface area (Å²) in [7, 11) is 0. The molecule has 4 heteroatoms. The maximum absolute atomic E-state index is 13.6. The van der Waals surface area contributed by atoms with Crippen molar-refractivity contribution >= 4 is 11.6 Å². The second-order valence-electron chi connectivity index (χ2n) is 5.01. The lowest BCUT2D eigenvalue weighted by atomic mass is 9.95. The van der Waals surface area contributed by atoms with Gasteiger partial charge >= 0.3 is 0 Å². The van der Waals surface area contributed by atoms with Crippen molar-refractivity contribution in [1.29, 1.82) is 0 Å². The molecule has 0 spiro atoms. The van der Waals surface area contributed by atoms with E-state index in [2.05, 4.69) is 5.32 Å². The fourth-order valence-corrected chi connectivity index (χ4v) is 2.62. The van der Waals surface area contributed by atoms with Crippen LogP contribution in [-0.4, -0.2) is 12.5 Å². The molecule has 1 fully saturated rings. The summed E-state index contributed by atoms with van der Waals surface area (Å²) in [5.74, 6) is -0.337. The summed E-state index contributed by atoms with van der Waals surface area (Å²) in [6.07, 6.45) is 2.86. The number of carbonyl (C=O) groups is 1. The van der Waals surface area contributed by atoms with Gasteiger partial charge in [-0.05, 0) is 49.9 Å². The van der Waals surface area contributed by atoms with Gasteiger partial charge < -0.3 is 11.1 Å². The van der Waals surface area contributed by atoms with Gasteiger partial charge in [-0.15, -0.1) is 0 Å². The van der Waals surface area contributed by atoms with E-state index in [1.807, 2.05) is 6.92 Å². The molecule has 0 saturated heterocycles. The van der Waals surface area contributed by atoms with E-state index in [4.69, 9.17) is 5.73 Å². The van der Waals surface area contributed by atoms with Gasteiger partial charge in [0.05, 0.1) is 5.69 Å². The normalized spacial score (nSPS) is 23.1. The van der Waals surface area contributed by atoms with Gasteiger partial charge in [0.2, 0.25) is 5.91 Å². The maximum atomic E-state index is 13.6. The molecule has 0 heterocycles. The average molecular weight is 250 g/mol. The zero-order valence-corrected chi connectivity index (χ0v) is 10.6. The Morgan fingerprint density at radius 3 is 3.00 bits per heavy atom. The Morgan fingerprint density at radius 1 is 1.50 bits per heavy atom. The van der Waals surface area contributed by atoms with Crippen molar-refractivity contribution in [2.45, 2.75) is 26.2 Å². The summed E-state index contributed by atoms with van der Waals surface area (Å²) in [5.41, 5.74) is 6.85. The highest BCUT2D eigenvalue weighted by Crippen LogP contribution is 2.32. The molecule has 0 bridgehead atoms. The van der Waals surface area contributed by atoms with E-state index < -0.39 is 5.82 Å². The third kappa shape index (κ3) is 2.70. The number of hydrogen-bond acceptors (Lipinski definition) is 2. The summed E-state index contributed by atoms with van der Waals surface area (Å²) >= 11 is 0. The molecule has 1 amide bonds. The van der Waals surface area contributed by atoms with E-state index in [-0.39, 0.29) is 23.4 Å². The molecule has 98 valence electrons. The van der Waals surface area contributed by atoms with Gasteiger partial charge in [-0.1, -0.05) is 12.5 Å². The van der Waals surface area contributed by atoms with Gasteiger partial charge in [-0.25, -0.2) is 4.39 Å². The number of nitrogens with two attached hydrogens (primary N) is 1. The number of amides is 1. The SMILES string of the molecule is Cc1ccc(F)c(NC(=O)C2CCCC2CN)c1. The zero-order chi connectivity index (χ0) is 13.1. The molecule has 0 aliphatic heterocycles. The largest absolute Gasteiger partial charge is 0.330 e. The van der Waals surface area contributed by atoms with Crippen molar-refractivity contribution in [3.8, 4) is 0 Å². The molecule has 1 aliphatic carbocycles. The van der Waals surface area contributed by atoms with Crippen molar-refractivity contribution in [1.82, 2.24) is 0 Å². The molecule has 2 rings (SSSR count). The predicted molar refractivity (Wildman–Crippen MR) is 69.7 cm³/mol. The van der Waals surface area contributed by atoms with Crippen LogP contribution < -0.4 is 11.1 Å². The summed E-state index contributed by atoms with van der Waals surface area (Å²) in [4.78, 5) is 12.1. The van der Waals surface area contributed by atoms with E-state index in [0.717, 1.165) is 24.8 Å². The number of nitrogens with one attached hydrogen (secondary N) is 1. The van der Waals surface area contributed by atoms with Crippen LogP contribution in [0.5, 0.6) is 0 Å². The quantitative estimate of drug-likeness (QED) is 0.865. The molecule has 2 unspecified atom stereocenters. The third-order valence-corrected chi connectivity index (χ3v) is 3.68. The van der Waals surface area contributed by atoms with Crippen LogP contribution in [0.25, 0.3) is 0 Å². The van der Waals surface area contributed by atoms with Gasteiger partial charge in [0.1, 0.15) is 5.82 Å². The lowest BCUT2D eigenvalue weighted by Gasteiger charge is -2.17. The number of halogens is 1. The molecule has 1 aliphatic rings. The zero-order valence-electron chi connectivity index (χ0n) is 10.6. The maximum Gasteiger partial charge on any atom is 0.227 e. The van der Waals surface area contributed by atoms with Crippen LogP contribution in [0.4, 0.5) is 10.1 Å². The highest BCUT2D eigenvalue weighted by Gasteiger charge is 2.32. The standard InChI is InChI=1S/C14H19FN2O/c1-9-5-6-12(15)13(7-9)17-14(18)11-4-2-3-10(11)8-16/h5-7,10-11H,2-4,8,16H2,1H3,(H,17,18). The highest BCUT2D eigenvalue weighted by atomic mass is 19.1. The molecule has 1 saturated carbocycles. The highest BCUT2D eigenvalue weighted by molar-refractivity contribution is 5.93. The number of hydrogen-bond donors (Lipinski definition) is 2. The molecular formula is C14H19FN2O. The van der Waals surface area contributed by atoms with Gasteiger partial charge in [-0.3, -0.25) is 4.79 Å². The predicted octanol–water partition coefficient (Wildman–Crippen LogP) is 2.45. The molecule has 3 nitrogen and oxygen atoms in total. The van der Waals surface area contributed by atoms with Gasteiger partial charge in [0.25, 0.3) is 0 Å². The summed E-state index contributed by atoms with van der Waals surface area (Å²) in [5, 5.41) is 2.69. The van der Waals surface area contributed by atoms with Crippen molar-refractivity contribution < 1.29 is 9.18 Å². The summed E-state index contributed by atoms with van der Waals surface area (Å²) in [6.45, 7) is 2.39. The molecule has 18 heavy (non-hydrogen) atoms. The van der Waals surface area contributed by atoms with Crippen LogP contribution in [0.1, 0.15) is 24.8 Å². The monoisotopic (exact) mass is 250 g/mol. The molecule has 1 aromatic carbocycles. The number of aryl methyl sites for hydroxylation is 1. The Bertz CT molecular complexity index is 447. The van der Waals surface area contributed by atoms with Crippen molar-refractivity contribution in [3.05, 3.63) is 29.6 Å². The minimum atomic E-state index is -0.392. The van der Waals surface area contributed by atoms with Crippen LogP contribution in [0.3, 0.4) is 0 Å². The van der Waals surface area contributed by atoms with Crippen molar-refractivity contribution in [2.75, 3.05) is 11.9 Å². The van der Waals surface area contributed by atoms with E-state index >= 15 is 0 Å². The Kier molecular flexibility index (Phi) is 3.97. The van der Waals surface area contributed by atoms with Crippen molar-refractivity contribution in [3.63, 3.8) is 0 Å². The Labute approximate surface area is 107 Å². The van der Waals surface area contributed by atoms with Gasteiger partial charge in [0, 0.05) is 5.92 Å². The Balaban J connectivity index is 2.09. The number of benzene rings is 1. The van der Waals surface area contributed by atoms with E-state index in [9.17, 15) is 9.18 Å². The molecular weight excluding hydrogens is 231 g/mol. The minimum Gasteiger partial charge on any atom is -0.330 e. The Morgan fingerprint density at radius 2 is 2.28 bits per heavy atom. The van der Waals surface area contributed by atoms with Crippen LogP contribution in [0.2, 0.25) is 0 Å². The lowest BCUT2D eigenvalue weighted by Crippen LogP contribution is -2.30. The van der Waals surface area contributed by atoms with Crippen LogP contribution in [0, 0.1) is 24.6 Å². The van der Waals surface area contributed by atoms with Crippen LogP contribution in [-0.2, 0) is 4.79 Å². The molecule has 0 radical (unpaired) electrons. The van der Waals surface area contributed by atoms with E-state index in [1.54, 1.807) is 12.1 Å². The van der Waals surface area contributed by atoms with Crippen molar-refractivity contribution in [2.24, 2.45) is 17.6 Å². The topological polar surface area (TPSA) is 55.1 Å². The fraction of sp³-hybridized carbons (Fsp3) is 0.500. The van der Waals surface area contributed by atoms with E-state index in [0.29, 0.717) is 6.54 Å². The molecule has 2 atom stereocenters. The van der Waals surface area contributed by atoms with Crippen LogP contribution in [0.15, 0.2) is 18.2 Å². The first-order valence-electron chi connectivity index (χ1n) is 6.39. The first-order chi connectivity index (χ1) is 8.61. The first kappa shape index (κ1) is 13.0. The second kappa shape index (κ2) is 5.48. The lowest BCUT2D eigenvalue weighted by molar-refractivity contribution is -0.120. The average Bonchev–Trinajstić information content (AvgIpc) is 2.82. The molecule has 1 aromatic rings. The summed E-state index contributed by atoms with van der Waals surface area (Å²) < 4.78 is 13.6. The number of anilines is 1. The van der Waals surface area contributed by atoms with Gasteiger partial charge in [0.15, 0.2) is 0 Å². The molecule has 3 N–H and O–H groups in total. The fourth-order valence-electron chi connectivity index (χ4n) is 2.62. The van der Waals surface area contributed by atoms with E-state index in [1.165, 1.54) is 6.07 Å². The number of rotatable bonds is 3. The van der Waals surface area contributed by atoms with Crippen LogP contribution >= 0.6 is 0 Å². The number of carbonyl (C=O) groups excluding carboxylic acids is 1. The Hall–Kier alpha value is -1.42. The second-order valence-corrected chi connectivity index (χ2v) is 5.01. The smallest absolute Gasteiger partial charge is 0.227 e. The third-order valence-electron chi connectivity index (χ3n) is 3.68. The first-order valence-corrected chi connectivity index (χ1v) is 6.39. The summed E-state index contributed by atoms with van der Waals surface area (Å²) in [6, 6.07) is 4.71. The molecule has 0 aromatic heterocycles. The van der Waals surface area contributed by atoms with Gasteiger partial charge in [-0.2, -0.15) is 0 Å².